The van der Waals surface area contributed by atoms with Crippen LogP contribution in [0.3, 0.4) is 0 Å². The summed E-state index contributed by atoms with van der Waals surface area (Å²) in [6, 6.07) is 15.7. The Kier molecular flexibility index (Phi) is 6.27. The van der Waals surface area contributed by atoms with E-state index in [1.807, 2.05) is 25.1 Å². The van der Waals surface area contributed by atoms with E-state index in [0.29, 0.717) is 53.7 Å². The number of benzene rings is 2. The first-order valence-electron chi connectivity index (χ1n) is 9.88. The van der Waals surface area contributed by atoms with Crippen molar-refractivity contribution in [3.8, 4) is 11.5 Å². The zero-order chi connectivity index (χ0) is 21.8. The van der Waals surface area contributed by atoms with Crippen LogP contribution in [0, 0.1) is 0 Å². The zero-order valence-corrected chi connectivity index (χ0v) is 18.5. The third-order valence-electron chi connectivity index (χ3n) is 4.84. The Labute approximate surface area is 188 Å². The normalized spacial score (nSPS) is 12.3. The maximum atomic E-state index is 13.2. The first-order valence-corrected chi connectivity index (χ1v) is 10.7. The lowest BCUT2D eigenvalue weighted by Gasteiger charge is -2.25. The summed E-state index contributed by atoms with van der Waals surface area (Å²) in [5.74, 6) is 1.02. The molecule has 0 radical (unpaired) electrons. The first-order chi connectivity index (χ1) is 15.0. The number of furan rings is 1. The smallest absolute Gasteiger partial charge is 0.291 e. The Morgan fingerprint density at radius 1 is 1.06 bits per heavy atom. The van der Waals surface area contributed by atoms with Gasteiger partial charge in [-0.1, -0.05) is 18.2 Å². The second-order valence-corrected chi connectivity index (χ2v) is 7.68. The molecule has 160 valence electrons. The lowest BCUT2D eigenvalue weighted by atomic mass is 10.1. The van der Waals surface area contributed by atoms with Gasteiger partial charge in [0.1, 0.15) is 13.2 Å². The van der Waals surface area contributed by atoms with Crippen molar-refractivity contribution in [3.05, 3.63) is 76.2 Å². The lowest BCUT2D eigenvalue weighted by molar-refractivity contribution is 0.0748. The van der Waals surface area contributed by atoms with E-state index in [1.165, 1.54) is 0 Å². The summed E-state index contributed by atoms with van der Waals surface area (Å²) in [6.07, 6.45) is 0. The second-order valence-electron chi connectivity index (χ2n) is 6.90. The Morgan fingerprint density at radius 2 is 1.87 bits per heavy atom. The minimum absolute atomic E-state index is 0.145. The Morgan fingerprint density at radius 3 is 2.65 bits per heavy atom. The van der Waals surface area contributed by atoms with E-state index >= 15 is 0 Å². The minimum atomic E-state index is -0.393. The van der Waals surface area contributed by atoms with Gasteiger partial charge in [0, 0.05) is 29.9 Å². The predicted octanol–water partition coefficient (Wildman–Crippen LogP) is 4.73. The quantitative estimate of drug-likeness (QED) is 0.546. The molecule has 7 nitrogen and oxygen atoms in total. The molecule has 1 aliphatic heterocycles. The molecule has 2 amide bonds. The number of carbonyl (C=O) groups excluding carboxylic acids is 2. The van der Waals surface area contributed by atoms with Crippen molar-refractivity contribution in [1.82, 2.24) is 4.90 Å². The molecule has 0 unspecified atom stereocenters. The topological polar surface area (TPSA) is 81.0 Å². The molecule has 0 bridgehead atoms. The molecule has 2 heterocycles. The summed E-state index contributed by atoms with van der Waals surface area (Å²) in [6.45, 7) is 3.82. The summed E-state index contributed by atoms with van der Waals surface area (Å²) < 4.78 is 17.1. The number of rotatable bonds is 6. The predicted molar refractivity (Wildman–Crippen MR) is 119 cm³/mol. The molecule has 0 saturated heterocycles. The summed E-state index contributed by atoms with van der Waals surface area (Å²) in [5.41, 5.74) is 1.87. The van der Waals surface area contributed by atoms with Crippen LogP contribution >= 0.6 is 15.9 Å². The van der Waals surface area contributed by atoms with Crippen LogP contribution in [-0.2, 0) is 6.54 Å². The van der Waals surface area contributed by atoms with Crippen LogP contribution in [0.15, 0.2) is 63.7 Å². The van der Waals surface area contributed by atoms with Crippen molar-refractivity contribution >= 4 is 33.4 Å². The van der Waals surface area contributed by atoms with Gasteiger partial charge < -0.3 is 24.1 Å². The number of ether oxygens (including phenoxy) is 2. The second kappa shape index (κ2) is 9.26. The van der Waals surface area contributed by atoms with Gasteiger partial charge in [0.25, 0.3) is 11.8 Å². The Balaban J connectivity index is 1.50. The summed E-state index contributed by atoms with van der Waals surface area (Å²) in [4.78, 5) is 27.2. The minimum Gasteiger partial charge on any atom is -0.486 e. The largest absolute Gasteiger partial charge is 0.486 e. The highest BCUT2D eigenvalue weighted by atomic mass is 79.9. The highest BCUT2D eigenvalue weighted by molar-refractivity contribution is 9.10. The van der Waals surface area contributed by atoms with E-state index in [1.54, 1.807) is 41.3 Å². The number of fused-ring (bicyclic) bond motifs is 1. The number of hydrogen-bond acceptors (Lipinski definition) is 5. The number of carbonyl (C=O) groups is 2. The van der Waals surface area contributed by atoms with Gasteiger partial charge >= 0.3 is 0 Å². The average molecular weight is 485 g/mol. The SMILES string of the molecule is CCN(Cc1cccc2c1OCCO2)C(=O)c1cccc(NC(=O)c2ccc(Br)o2)c1. The van der Waals surface area contributed by atoms with Gasteiger partial charge in [0.05, 0.1) is 0 Å². The summed E-state index contributed by atoms with van der Waals surface area (Å²) in [7, 11) is 0. The van der Waals surface area contributed by atoms with Crippen molar-refractivity contribution in [2.24, 2.45) is 0 Å². The van der Waals surface area contributed by atoms with Crippen LogP contribution in [0.25, 0.3) is 0 Å². The van der Waals surface area contributed by atoms with Gasteiger partial charge in [-0.25, -0.2) is 0 Å². The molecule has 0 saturated carbocycles. The molecule has 8 heteroatoms. The molecule has 0 spiro atoms. The highest BCUT2D eigenvalue weighted by Gasteiger charge is 2.21. The molecule has 1 aliphatic rings. The number of para-hydroxylation sites is 1. The molecule has 2 aromatic carbocycles. The molecule has 31 heavy (non-hydrogen) atoms. The van der Waals surface area contributed by atoms with Crippen LogP contribution in [0.4, 0.5) is 5.69 Å². The standard InChI is InChI=1S/C23H21BrN2O5/c1-2-26(14-16-6-4-8-18-21(16)30-12-11-29-18)23(28)15-5-3-7-17(13-15)25-22(27)19-9-10-20(24)31-19/h3-10,13H,2,11-12,14H2,1H3,(H,25,27). The third kappa shape index (κ3) is 4.74. The van der Waals surface area contributed by atoms with Gasteiger partial charge in [0.15, 0.2) is 21.9 Å². The molecule has 1 N–H and O–H groups in total. The molecule has 0 aliphatic carbocycles. The molecular formula is C23H21BrN2O5. The van der Waals surface area contributed by atoms with Gasteiger partial charge in [-0.05, 0) is 59.3 Å². The van der Waals surface area contributed by atoms with Crippen molar-refractivity contribution in [2.75, 3.05) is 25.1 Å². The number of nitrogens with zero attached hydrogens (tertiary/aromatic N) is 1. The third-order valence-corrected chi connectivity index (χ3v) is 5.27. The van der Waals surface area contributed by atoms with Crippen LogP contribution in [0.1, 0.15) is 33.4 Å². The maximum absolute atomic E-state index is 13.2. The van der Waals surface area contributed by atoms with E-state index in [9.17, 15) is 9.59 Å². The van der Waals surface area contributed by atoms with E-state index in [0.717, 1.165) is 5.56 Å². The Hall–Kier alpha value is -3.26. The van der Waals surface area contributed by atoms with E-state index in [2.05, 4.69) is 21.2 Å². The van der Waals surface area contributed by atoms with E-state index < -0.39 is 5.91 Å². The maximum Gasteiger partial charge on any atom is 0.291 e. The van der Waals surface area contributed by atoms with Gasteiger partial charge in [-0.3, -0.25) is 9.59 Å². The van der Waals surface area contributed by atoms with Crippen molar-refractivity contribution in [1.29, 1.82) is 0 Å². The van der Waals surface area contributed by atoms with E-state index in [4.69, 9.17) is 13.9 Å². The monoisotopic (exact) mass is 484 g/mol. The molecular weight excluding hydrogens is 464 g/mol. The molecule has 0 fully saturated rings. The lowest BCUT2D eigenvalue weighted by Crippen LogP contribution is -2.31. The fourth-order valence-electron chi connectivity index (χ4n) is 3.33. The van der Waals surface area contributed by atoms with E-state index in [-0.39, 0.29) is 11.7 Å². The average Bonchev–Trinajstić information content (AvgIpc) is 3.24. The molecule has 0 atom stereocenters. The molecule has 1 aromatic heterocycles. The fraction of sp³-hybridized carbons (Fsp3) is 0.217. The number of nitrogens with one attached hydrogen (secondary N) is 1. The van der Waals surface area contributed by atoms with Crippen LogP contribution in [0.2, 0.25) is 0 Å². The number of amides is 2. The number of anilines is 1. The van der Waals surface area contributed by atoms with Gasteiger partial charge in [-0.15, -0.1) is 0 Å². The highest BCUT2D eigenvalue weighted by Crippen LogP contribution is 2.34. The van der Waals surface area contributed by atoms with Crippen LogP contribution in [-0.4, -0.2) is 36.5 Å². The van der Waals surface area contributed by atoms with Gasteiger partial charge in [-0.2, -0.15) is 0 Å². The van der Waals surface area contributed by atoms with Crippen LogP contribution < -0.4 is 14.8 Å². The number of halogens is 1. The molecule has 3 aromatic rings. The fourth-order valence-corrected chi connectivity index (χ4v) is 3.64. The Bertz CT molecular complexity index is 1110. The van der Waals surface area contributed by atoms with Crippen molar-refractivity contribution in [3.63, 3.8) is 0 Å². The number of hydrogen-bond donors (Lipinski definition) is 1. The summed E-state index contributed by atoms with van der Waals surface area (Å²) in [5, 5.41) is 2.75. The molecule has 4 rings (SSSR count). The van der Waals surface area contributed by atoms with Crippen LogP contribution in [0.5, 0.6) is 11.5 Å². The van der Waals surface area contributed by atoms with Crippen molar-refractivity contribution in [2.45, 2.75) is 13.5 Å². The zero-order valence-electron chi connectivity index (χ0n) is 16.9. The first kappa shape index (κ1) is 21.0. The van der Waals surface area contributed by atoms with Gasteiger partial charge in [0.2, 0.25) is 0 Å². The summed E-state index contributed by atoms with van der Waals surface area (Å²) >= 11 is 3.18. The van der Waals surface area contributed by atoms with Crippen molar-refractivity contribution < 1.29 is 23.5 Å².